The first kappa shape index (κ1) is 16.5. The van der Waals surface area contributed by atoms with Crippen molar-refractivity contribution < 1.29 is 12.6 Å². The second kappa shape index (κ2) is 6.07. The maximum Gasteiger partial charge on any atom is 0.297 e. The quantitative estimate of drug-likeness (QED) is 0.802. The molecule has 4 nitrogen and oxygen atoms in total. The summed E-state index contributed by atoms with van der Waals surface area (Å²) in [5.41, 5.74) is 1.07. The fraction of sp³-hybridized carbons (Fsp3) is 0.625. The second-order valence-electron chi connectivity index (χ2n) is 6.71. The molecule has 2 rings (SSSR count). The zero-order valence-electron chi connectivity index (χ0n) is 13.3. The fourth-order valence-electron chi connectivity index (χ4n) is 2.83. The lowest BCUT2D eigenvalue weighted by Crippen LogP contribution is -2.46. The molecule has 0 aromatic heterocycles. The summed E-state index contributed by atoms with van der Waals surface area (Å²) >= 11 is 0. The molecule has 1 aliphatic rings. The number of benzene rings is 1. The SMILES string of the molecule is Cc1ccc(S(=O)(=O)OC[C@@H]2CCCN2C(C)(C)C)cc1. The van der Waals surface area contributed by atoms with Crippen LogP contribution in [0.15, 0.2) is 29.2 Å². The van der Waals surface area contributed by atoms with E-state index in [0.717, 1.165) is 24.9 Å². The van der Waals surface area contributed by atoms with E-state index in [1.165, 1.54) is 0 Å². The van der Waals surface area contributed by atoms with Crippen LogP contribution in [0.2, 0.25) is 0 Å². The molecule has 5 heteroatoms. The molecule has 1 aliphatic heterocycles. The molecule has 1 aromatic rings. The van der Waals surface area contributed by atoms with Gasteiger partial charge in [-0.1, -0.05) is 17.7 Å². The summed E-state index contributed by atoms with van der Waals surface area (Å²) in [5, 5.41) is 0. The van der Waals surface area contributed by atoms with Gasteiger partial charge in [-0.25, -0.2) is 0 Å². The summed E-state index contributed by atoms with van der Waals surface area (Å²) < 4.78 is 29.7. The molecule has 0 amide bonds. The fourth-order valence-corrected chi connectivity index (χ4v) is 3.77. The third-order valence-electron chi connectivity index (χ3n) is 3.96. The van der Waals surface area contributed by atoms with E-state index in [4.69, 9.17) is 4.18 Å². The minimum atomic E-state index is -3.66. The maximum absolute atomic E-state index is 12.2. The van der Waals surface area contributed by atoms with Gasteiger partial charge >= 0.3 is 0 Å². The predicted octanol–water partition coefficient (Wildman–Crippen LogP) is 2.96. The van der Waals surface area contributed by atoms with Gasteiger partial charge in [0.1, 0.15) is 0 Å². The Morgan fingerprint density at radius 2 is 1.86 bits per heavy atom. The van der Waals surface area contributed by atoms with Crippen LogP contribution >= 0.6 is 0 Å². The Bertz CT molecular complexity index is 573. The van der Waals surface area contributed by atoms with Crippen molar-refractivity contribution in [3.63, 3.8) is 0 Å². The molecule has 21 heavy (non-hydrogen) atoms. The third-order valence-corrected chi connectivity index (χ3v) is 5.26. The summed E-state index contributed by atoms with van der Waals surface area (Å²) in [7, 11) is -3.66. The van der Waals surface area contributed by atoms with Crippen LogP contribution in [0, 0.1) is 6.92 Å². The number of aryl methyl sites for hydroxylation is 1. The van der Waals surface area contributed by atoms with Gasteiger partial charge in [0.15, 0.2) is 0 Å². The van der Waals surface area contributed by atoms with Gasteiger partial charge in [0.05, 0.1) is 11.5 Å². The van der Waals surface area contributed by atoms with Crippen LogP contribution in [0.4, 0.5) is 0 Å². The summed E-state index contributed by atoms with van der Waals surface area (Å²) in [5.74, 6) is 0. The first-order chi connectivity index (χ1) is 9.70. The first-order valence-corrected chi connectivity index (χ1v) is 8.84. The number of likely N-dealkylation sites (tertiary alicyclic amines) is 1. The highest BCUT2D eigenvalue weighted by Gasteiger charge is 2.34. The van der Waals surface area contributed by atoms with E-state index in [9.17, 15) is 8.42 Å². The highest BCUT2D eigenvalue weighted by Crippen LogP contribution is 2.27. The topological polar surface area (TPSA) is 46.6 Å². The molecule has 0 radical (unpaired) electrons. The zero-order chi connectivity index (χ0) is 15.7. The van der Waals surface area contributed by atoms with Gasteiger partial charge < -0.3 is 0 Å². The lowest BCUT2D eigenvalue weighted by Gasteiger charge is -2.36. The van der Waals surface area contributed by atoms with Gasteiger partial charge in [0, 0.05) is 11.6 Å². The molecule has 118 valence electrons. The van der Waals surface area contributed by atoms with Crippen molar-refractivity contribution in [2.24, 2.45) is 0 Å². The molecule has 1 atom stereocenters. The monoisotopic (exact) mass is 311 g/mol. The Morgan fingerprint density at radius 3 is 2.43 bits per heavy atom. The van der Waals surface area contributed by atoms with Crippen molar-refractivity contribution >= 4 is 10.1 Å². The van der Waals surface area contributed by atoms with Crippen LogP contribution in [-0.4, -0.2) is 38.1 Å². The Labute approximate surface area is 128 Å². The van der Waals surface area contributed by atoms with Crippen LogP contribution in [0.5, 0.6) is 0 Å². The Kier molecular flexibility index (Phi) is 4.76. The first-order valence-electron chi connectivity index (χ1n) is 7.43. The number of hydrogen-bond acceptors (Lipinski definition) is 4. The van der Waals surface area contributed by atoms with Gasteiger partial charge in [-0.15, -0.1) is 0 Å². The molecule has 0 saturated carbocycles. The van der Waals surface area contributed by atoms with Gasteiger partial charge in [-0.2, -0.15) is 8.42 Å². The minimum absolute atomic E-state index is 0.0398. The van der Waals surface area contributed by atoms with E-state index in [0.29, 0.717) is 0 Å². The number of hydrogen-bond donors (Lipinski definition) is 0. The van der Waals surface area contributed by atoms with E-state index in [1.807, 2.05) is 6.92 Å². The molecule has 1 fully saturated rings. The van der Waals surface area contributed by atoms with Crippen LogP contribution < -0.4 is 0 Å². The predicted molar refractivity (Wildman–Crippen MR) is 83.8 cm³/mol. The van der Waals surface area contributed by atoms with Crippen molar-refractivity contribution in [2.75, 3.05) is 13.2 Å². The van der Waals surface area contributed by atoms with Gasteiger partial charge in [-0.3, -0.25) is 9.08 Å². The Hall–Kier alpha value is -0.910. The smallest absolute Gasteiger partial charge is 0.293 e. The molecule has 0 aliphatic carbocycles. The van der Waals surface area contributed by atoms with Gasteiger partial charge in [-0.05, 0) is 59.2 Å². The summed E-state index contributed by atoms with van der Waals surface area (Å²) in [4.78, 5) is 2.56. The highest BCUT2D eigenvalue weighted by atomic mass is 32.2. The van der Waals surface area contributed by atoms with Gasteiger partial charge in [0.2, 0.25) is 0 Å². The molecular formula is C16H25NO3S. The molecule has 1 aromatic carbocycles. The van der Waals surface area contributed by atoms with Crippen molar-refractivity contribution in [3.05, 3.63) is 29.8 Å². The van der Waals surface area contributed by atoms with Crippen LogP contribution in [0.25, 0.3) is 0 Å². The van der Waals surface area contributed by atoms with Crippen LogP contribution in [0.3, 0.4) is 0 Å². The van der Waals surface area contributed by atoms with Gasteiger partial charge in [0.25, 0.3) is 10.1 Å². The van der Waals surface area contributed by atoms with E-state index in [2.05, 4.69) is 25.7 Å². The summed E-state index contributed by atoms with van der Waals surface area (Å²) in [6, 6.07) is 6.94. The second-order valence-corrected chi connectivity index (χ2v) is 8.33. The summed E-state index contributed by atoms with van der Waals surface area (Å²) in [6.45, 7) is 9.62. The van der Waals surface area contributed by atoms with E-state index >= 15 is 0 Å². The zero-order valence-corrected chi connectivity index (χ0v) is 14.1. The van der Waals surface area contributed by atoms with Crippen LogP contribution in [0.1, 0.15) is 39.2 Å². The molecular weight excluding hydrogens is 286 g/mol. The molecule has 1 heterocycles. The Balaban J connectivity index is 2.03. The normalized spacial score (nSPS) is 20.9. The van der Waals surface area contributed by atoms with Crippen molar-refractivity contribution in [1.29, 1.82) is 0 Å². The largest absolute Gasteiger partial charge is 0.297 e. The molecule has 0 N–H and O–H groups in total. The molecule has 0 unspecified atom stereocenters. The lowest BCUT2D eigenvalue weighted by atomic mass is 10.1. The number of rotatable bonds is 4. The molecule has 0 spiro atoms. The van der Waals surface area contributed by atoms with Crippen LogP contribution in [-0.2, 0) is 14.3 Å². The summed E-state index contributed by atoms with van der Waals surface area (Å²) in [6.07, 6.45) is 2.08. The Morgan fingerprint density at radius 1 is 1.24 bits per heavy atom. The lowest BCUT2D eigenvalue weighted by molar-refractivity contribution is 0.0895. The average molecular weight is 311 g/mol. The average Bonchev–Trinajstić information content (AvgIpc) is 2.85. The van der Waals surface area contributed by atoms with Crippen molar-refractivity contribution in [2.45, 2.75) is 57.0 Å². The van der Waals surface area contributed by atoms with E-state index < -0.39 is 10.1 Å². The molecule has 0 bridgehead atoms. The number of nitrogens with zero attached hydrogens (tertiary/aromatic N) is 1. The highest BCUT2D eigenvalue weighted by molar-refractivity contribution is 7.86. The maximum atomic E-state index is 12.2. The van der Waals surface area contributed by atoms with Crippen molar-refractivity contribution in [1.82, 2.24) is 4.90 Å². The van der Waals surface area contributed by atoms with Crippen molar-refractivity contribution in [3.8, 4) is 0 Å². The van der Waals surface area contributed by atoms with E-state index in [-0.39, 0.29) is 23.1 Å². The minimum Gasteiger partial charge on any atom is -0.293 e. The molecule has 1 saturated heterocycles. The third kappa shape index (κ3) is 4.05. The standard InChI is InChI=1S/C16H25NO3S/c1-13-7-9-15(10-8-13)21(18,19)20-12-14-6-5-11-17(14)16(2,3)4/h7-10,14H,5-6,11-12H2,1-4H3/t14-/m0/s1. The van der Waals surface area contributed by atoms with E-state index in [1.54, 1.807) is 24.3 Å².